The van der Waals surface area contributed by atoms with Crippen LogP contribution >= 0.6 is 0 Å². The lowest BCUT2D eigenvalue weighted by molar-refractivity contribution is 0.0866. The van der Waals surface area contributed by atoms with Crippen molar-refractivity contribution in [1.82, 2.24) is 11.0 Å². The summed E-state index contributed by atoms with van der Waals surface area (Å²) >= 11 is 0. The maximum absolute atomic E-state index is 13.6. The number of amidine groups is 1. The van der Waals surface area contributed by atoms with Crippen LogP contribution in [0.15, 0.2) is 65.7 Å². The van der Waals surface area contributed by atoms with E-state index >= 15 is 0 Å². The van der Waals surface area contributed by atoms with Crippen molar-refractivity contribution in [1.29, 1.82) is 0 Å². The first kappa shape index (κ1) is 25.9. The van der Waals surface area contributed by atoms with Gasteiger partial charge in [-0.1, -0.05) is 36.4 Å². The first-order chi connectivity index (χ1) is 17.5. The summed E-state index contributed by atoms with van der Waals surface area (Å²) in [6.45, 7) is 1.59. The van der Waals surface area contributed by atoms with E-state index in [1.807, 2.05) is 0 Å². The highest BCUT2D eigenvalue weighted by molar-refractivity contribution is 5.98. The topological polar surface area (TPSA) is 107 Å². The van der Waals surface area contributed by atoms with Crippen LogP contribution in [-0.4, -0.2) is 26.6 Å². The molecule has 3 aromatic carbocycles. The Kier molecular flexibility index (Phi) is 8.45. The Morgan fingerprint density at radius 1 is 0.889 bits per heavy atom. The minimum Gasteiger partial charge on any atom is -0.386 e. The molecule has 4 rings (SSSR count). The highest BCUT2D eigenvalue weighted by Crippen LogP contribution is 2.43. The number of hydrogen-bond acceptors (Lipinski definition) is 6. The summed E-state index contributed by atoms with van der Waals surface area (Å²) in [5.41, 5.74) is 25.7. The predicted octanol–water partition coefficient (Wildman–Crippen LogP) is 3.55. The van der Waals surface area contributed by atoms with Gasteiger partial charge in [-0.25, -0.2) is 9.38 Å². The summed E-state index contributed by atoms with van der Waals surface area (Å²) in [4.78, 5) is 14.9. The number of aliphatic imine (C=N–C) groups is 1. The van der Waals surface area contributed by atoms with E-state index in [4.69, 9.17) is 26.1 Å². The second-order valence-corrected chi connectivity index (χ2v) is 8.95. The van der Waals surface area contributed by atoms with Crippen molar-refractivity contribution in [2.24, 2.45) is 16.5 Å². The Morgan fingerprint density at radius 3 is 1.89 bits per heavy atom. The number of rotatable bonds is 10. The van der Waals surface area contributed by atoms with E-state index < -0.39 is 5.41 Å². The van der Waals surface area contributed by atoms with E-state index in [9.17, 15) is 4.39 Å². The SMILES string of the molecule is CONCc1ccc2c(c1)CCc1cc(CNOC)ccc1C2(CCN)C(N)=Nc1ccc(F)cc1. The summed E-state index contributed by atoms with van der Waals surface area (Å²) in [6, 6.07) is 18.9. The van der Waals surface area contributed by atoms with Gasteiger partial charge in [-0.05, 0) is 83.5 Å². The molecule has 0 unspecified atom stereocenters. The first-order valence-corrected chi connectivity index (χ1v) is 12.1. The van der Waals surface area contributed by atoms with Gasteiger partial charge >= 0.3 is 0 Å². The van der Waals surface area contributed by atoms with Gasteiger partial charge < -0.3 is 21.1 Å². The first-order valence-electron chi connectivity index (χ1n) is 12.1. The smallest absolute Gasteiger partial charge is 0.123 e. The number of nitrogens with one attached hydrogen (secondary N) is 2. The number of hydrogen-bond donors (Lipinski definition) is 4. The zero-order chi connectivity index (χ0) is 25.5. The summed E-state index contributed by atoms with van der Waals surface area (Å²) < 4.78 is 13.6. The quantitative estimate of drug-likeness (QED) is 0.196. The molecule has 0 amide bonds. The van der Waals surface area contributed by atoms with Gasteiger partial charge in [0.1, 0.15) is 11.7 Å². The van der Waals surface area contributed by atoms with Crippen LogP contribution in [0.1, 0.15) is 39.8 Å². The zero-order valence-electron chi connectivity index (χ0n) is 20.8. The van der Waals surface area contributed by atoms with Gasteiger partial charge in [0.05, 0.1) is 25.3 Å². The van der Waals surface area contributed by atoms with Crippen molar-refractivity contribution in [3.05, 3.63) is 99.9 Å². The average molecular weight is 492 g/mol. The van der Waals surface area contributed by atoms with Crippen LogP contribution in [-0.2, 0) is 41.0 Å². The molecule has 0 spiro atoms. The Morgan fingerprint density at radius 2 is 1.42 bits per heavy atom. The zero-order valence-corrected chi connectivity index (χ0v) is 20.8. The van der Waals surface area contributed by atoms with E-state index in [0.29, 0.717) is 37.6 Å². The van der Waals surface area contributed by atoms with Crippen molar-refractivity contribution >= 4 is 11.5 Å². The predicted molar refractivity (Wildman–Crippen MR) is 140 cm³/mol. The molecule has 0 fully saturated rings. The van der Waals surface area contributed by atoms with E-state index in [1.54, 1.807) is 26.4 Å². The third kappa shape index (κ3) is 5.33. The number of nitrogens with zero attached hydrogens (tertiary/aromatic N) is 1. The van der Waals surface area contributed by atoms with E-state index in [-0.39, 0.29) is 5.82 Å². The highest BCUT2D eigenvalue weighted by Gasteiger charge is 2.42. The number of fused-ring (bicyclic) bond motifs is 2. The lowest BCUT2D eigenvalue weighted by Crippen LogP contribution is -2.45. The number of benzene rings is 3. The van der Waals surface area contributed by atoms with Crippen LogP contribution in [0.2, 0.25) is 0 Å². The summed E-state index contributed by atoms with van der Waals surface area (Å²) in [5, 5.41) is 0. The summed E-state index contributed by atoms with van der Waals surface area (Å²) in [5.74, 6) is 0.123. The van der Waals surface area contributed by atoms with Crippen molar-refractivity contribution < 1.29 is 14.1 Å². The summed E-state index contributed by atoms with van der Waals surface area (Å²) in [7, 11) is 3.21. The van der Waals surface area contributed by atoms with Crippen molar-refractivity contribution in [2.45, 2.75) is 37.8 Å². The van der Waals surface area contributed by atoms with Gasteiger partial charge in [-0.15, -0.1) is 0 Å². The summed E-state index contributed by atoms with van der Waals surface area (Å²) in [6.07, 6.45) is 2.27. The molecule has 7 nitrogen and oxygen atoms in total. The van der Waals surface area contributed by atoms with E-state index in [2.05, 4.69) is 47.4 Å². The average Bonchev–Trinajstić information content (AvgIpc) is 3.02. The molecule has 0 bridgehead atoms. The molecule has 3 aromatic rings. The number of halogens is 1. The maximum Gasteiger partial charge on any atom is 0.123 e. The van der Waals surface area contributed by atoms with Crippen LogP contribution in [0.3, 0.4) is 0 Å². The Bertz CT molecular complexity index is 1150. The van der Waals surface area contributed by atoms with Gasteiger partial charge in [0.25, 0.3) is 0 Å². The number of aryl methyl sites for hydroxylation is 2. The largest absolute Gasteiger partial charge is 0.386 e. The second-order valence-electron chi connectivity index (χ2n) is 8.95. The minimum absolute atomic E-state index is 0.316. The molecule has 0 aliphatic heterocycles. The fraction of sp³-hybridized carbons (Fsp3) is 0.321. The lowest BCUT2D eigenvalue weighted by Gasteiger charge is -2.36. The molecule has 0 saturated heterocycles. The van der Waals surface area contributed by atoms with Crippen molar-refractivity contribution in [3.8, 4) is 0 Å². The van der Waals surface area contributed by atoms with E-state index in [0.717, 1.165) is 35.1 Å². The molecule has 6 N–H and O–H groups in total. The van der Waals surface area contributed by atoms with Gasteiger partial charge in [0, 0.05) is 13.1 Å². The standard InChI is InChI=1S/C28H34FN5O2/c1-35-32-17-19-3-11-25-21(15-19)5-6-22-16-20(18-33-36-2)4-12-26(22)28(25,13-14-30)27(31)34-24-9-7-23(29)8-10-24/h3-4,7-12,15-16,32-33H,5-6,13-14,17-18,30H2,1-2H3,(H2,31,34). The van der Waals surface area contributed by atoms with Crippen molar-refractivity contribution in [2.75, 3.05) is 20.8 Å². The molecule has 0 radical (unpaired) electrons. The second kappa shape index (κ2) is 11.7. The van der Waals surface area contributed by atoms with Gasteiger partial charge in [0.2, 0.25) is 0 Å². The maximum atomic E-state index is 13.6. The molecule has 0 heterocycles. The monoisotopic (exact) mass is 491 g/mol. The van der Waals surface area contributed by atoms with Gasteiger partial charge in [-0.2, -0.15) is 11.0 Å². The van der Waals surface area contributed by atoms with E-state index in [1.165, 1.54) is 23.3 Å². The van der Waals surface area contributed by atoms with Crippen LogP contribution in [0.4, 0.5) is 10.1 Å². The number of nitrogens with two attached hydrogens (primary N) is 2. The highest BCUT2D eigenvalue weighted by atomic mass is 19.1. The number of hydroxylamine groups is 2. The van der Waals surface area contributed by atoms with Crippen molar-refractivity contribution in [3.63, 3.8) is 0 Å². The fourth-order valence-electron chi connectivity index (χ4n) is 5.13. The Hall–Kier alpha value is -3.14. The molecule has 0 aromatic heterocycles. The normalized spacial score (nSPS) is 14.7. The van der Waals surface area contributed by atoms with Crippen LogP contribution in [0.25, 0.3) is 0 Å². The minimum atomic E-state index is -0.731. The molecule has 8 heteroatoms. The van der Waals surface area contributed by atoms with Gasteiger partial charge in [-0.3, -0.25) is 0 Å². The molecule has 190 valence electrons. The molecule has 0 atom stereocenters. The molecule has 36 heavy (non-hydrogen) atoms. The fourth-order valence-corrected chi connectivity index (χ4v) is 5.13. The molecular weight excluding hydrogens is 457 g/mol. The third-order valence-corrected chi connectivity index (χ3v) is 6.80. The van der Waals surface area contributed by atoms with Crippen LogP contribution in [0.5, 0.6) is 0 Å². The Labute approximate surface area is 211 Å². The molecule has 1 aliphatic carbocycles. The molecule has 0 saturated carbocycles. The van der Waals surface area contributed by atoms with Crippen LogP contribution < -0.4 is 22.4 Å². The van der Waals surface area contributed by atoms with Gasteiger partial charge in [0.15, 0.2) is 0 Å². The molecular formula is C28H34FN5O2. The van der Waals surface area contributed by atoms with Crippen LogP contribution in [0, 0.1) is 5.82 Å². The Balaban J connectivity index is 1.92. The molecule has 1 aliphatic rings. The lowest BCUT2D eigenvalue weighted by atomic mass is 9.68. The third-order valence-electron chi connectivity index (χ3n) is 6.80.